The SMILES string of the molecule is CC(=O)C(F)(F)C(NP(=O)(c1ccccc1)c1ccccc1)c1ccco1. The fourth-order valence-corrected chi connectivity index (χ4v) is 5.17. The molecule has 2 aromatic carbocycles. The highest BCUT2D eigenvalue weighted by molar-refractivity contribution is 7.76. The third kappa shape index (κ3) is 3.77. The predicted octanol–water partition coefficient (Wildman–Crippen LogP) is 4.06. The molecule has 140 valence electrons. The molecule has 0 saturated heterocycles. The molecule has 0 aliphatic carbocycles. The quantitative estimate of drug-likeness (QED) is 0.619. The Balaban J connectivity index is 2.15. The number of ketones is 1. The van der Waals surface area contributed by atoms with E-state index in [2.05, 4.69) is 5.09 Å². The van der Waals surface area contributed by atoms with Gasteiger partial charge in [-0.1, -0.05) is 36.4 Å². The van der Waals surface area contributed by atoms with Gasteiger partial charge in [-0.05, 0) is 36.4 Å². The molecule has 0 saturated carbocycles. The van der Waals surface area contributed by atoms with E-state index in [4.69, 9.17) is 4.42 Å². The van der Waals surface area contributed by atoms with Crippen molar-refractivity contribution < 1.29 is 22.6 Å². The monoisotopic (exact) mass is 389 g/mol. The van der Waals surface area contributed by atoms with Gasteiger partial charge in [0, 0.05) is 17.5 Å². The molecule has 0 spiro atoms. The van der Waals surface area contributed by atoms with Gasteiger partial charge in [0.1, 0.15) is 11.8 Å². The number of Topliss-reactive ketones (excluding diaryl/α,β-unsaturated/α-hetero) is 1. The average Bonchev–Trinajstić information content (AvgIpc) is 3.21. The van der Waals surface area contributed by atoms with Gasteiger partial charge in [-0.15, -0.1) is 0 Å². The zero-order valence-electron chi connectivity index (χ0n) is 14.5. The Bertz CT molecular complexity index is 900. The highest BCUT2D eigenvalue weighted by Crippen LogP contribution is 2.45. The van der Waals surface area contributed by atoms with Crippen molar-refractivity contribution in [2.75, 3.05) is 0 Å². The van der Waals surface area contributed by atoms with Gasteiger partial charge >= 0.3 is 5.92 Å². The molecule has 0 aliphatic heterocycles. The maximum atomic E-state index is 14.7. The van der Waals surface area contributed by atoms with Crippen LogP contribution in [0, 0.1) is 0 Å². The number of carbonyl (C=O) groups is 1. The molecule has 7 heteroatoms. The number of alkyl halides is 2. The lowest BCUT2D eigenvalue weighted by molar-refractivity contribution is -0.145. The molecule has 1 N–H and O–H groups in total. The first-order valence-corrected chi connectivity index (χ1v) is 9.97. The summed E-state index contributed by atoms with van der Waals surface area (Å²) in [6.07, 6.45) is 1.23. The second-order valence-corrected chi connectivity index (χ2v) is 8.55. The molecular weight excluding hydrogens is 371 g/mol. The first-order valence-electron chi connectivity index (χ1n) is 8.27. The normalized spacial score (nSPS) is 13.3. The number of nitrogens with one attached hydrogen (secondary N) is 1. The molecule has 0 fully saturated rings. The minimum absolute atomic E-state index is 0.165. The Morgan fingerprint density at radius 1 is 0.963 bits per heavy atom. The van der Waals surface area contributed by atoms with E-state index >= 15 is 0 Å². The number of hydrogen-bond donors (Lipinski definition) is 1. The van der Waals surface area contributed by atoms with E-state index in [-0.39, 0.29) is 5.76 Å². The van der Waals surface area contributed by atoms with Crippen LogP contribution in [0.1, 0.15) is 18.7 Å². The van der Waals surface area contributed by atoms with Crippen molar-refractivity contribution in [2.24, 2.45) is 0 Å². The fraction of sp³-hybridized carbons (Fsp3) is 0.150. The van der Waals surface area contributed by atoms with Gasteiger partial charge in [0.05, 0.1) is 6.26 Å². The summed E-state index contributed by atoms with van der Waals surface area (Å²) < 4.78 is 48.6. The third-order valence-electron chi connectivity index (χ3n) is 4.21. The zero-order chi connectivity index (χ0) is 19.5. The minimum Gasteiger partial charge on any atom is -0.467 e. The highest BCUT2D eigenvalue weighted by atomic mass is 31.2. The third-order valence-corrected chi connectivity index (χ3v) is 6.88. The molecular formula is C20H18F2NO3P. The van der Waals surface area contributed by atoms with E-state index in [1.165, 1.54) is 18.4 Å². The van der Waals surface area contributed by atoms with Gasteiger partial charge in [-0.2, -0.15) is 8.78 Å². The minimum atomic E-state index is -3.81. The Morgan fingerprint density at radius 2 is 1.48 bits per heavy atom. The van der Waals surface area contributed by atoms with Gasteiger partial charge in [0.15, 0.2) is 0 Å². The topological polar surface area (TPSA) is 59.3 Å². The van der Waals surface area contributed by atoms with Crippen LogP contribution in [-0.2, 0) is 9.36 Å². The molecule has 4 nitrogen and oxygen atoms in total. The van der Waals surface area contributed by atoms with Crippen LogP contribution in [0.15, 0.2) is 83.5 Å². The van der Waals surface area contributed by atoms with E-state index in [9.17, 15) is 18.1 Å². The van der Waals surface area contributed by atoms with Gasteiger partial charge in [-0.25, -0.2) is 5.09 Å². The zero-order valence-corrected chi connectivity index (χ0v) is 15.4. The van der Waals surface area contributed by atoms with Crippen LogP contribution in [0.25, 0.3) is 0 Å². The first-order chi connectivity index (χ1) is 12.9. The number of hydrogen-bond acceptors (Lipinski definition) is 3. The van der Waals surface area contributed by atoms with Gasteiger partial charge in [0.25, 0.3) is 0 Å². The molecule has 0 bridgehead atoms. The Hall–Kier alpha value is -2.56. The lowest BCUT2D eigenvalue weighted by Crippen LogP contribution is -2.43. The van der Waals surface area contributed by atoms with Gasteiger partial charge in [-0.3, -0.25) is 9.36 Å². The number of carbonyl (C=O) groups excluding carboxylic acids is 1. The lowest BCUT2D eigenvalue weighted by atomic mass is 10.1. The summed E-state index contributed by atoms with van der Waals surface area (Å²) in [4.78, 5) is 11.6. The molecule has 1 atom stereocenters. The number of halogens is 2. The van der Waals surface area contributed by atoms with E-state index in [1.54, 1.807) is 60.7 Å². The fourth-order valence-electron chi connectivity index (χ4n) is 2.74. The second-order valence-electron chi connectivity index (χ2n) is 6.04. The summed E-state index contributed by atoms with van der Waals surface area (Å²) in [5.41, 5.74) is 0. The van der Waals surface area contributed by atoms with E-state index in [1.807, 2.05) is 0 Å². The Labute approximate surface area is 155 Å². The van der Waals surface area contributed by atoms with Crippen LogP contribution < -0.4 is 15.7 Å². The Morgan fingerprint density at radius 3 is 1.89 bits per heavy atom. The second kappa shape index (κ2) is 7.59. The summed E-state index contributed by atoms with van der Waals surface area (Å²) in [6.45, 7) is 0.799. The molecule has 3 aromatic rings. The summed E-state index contributed by atoms with van der Waals surface area (Å²) in [6, 6.07) is 17.5. The van der Waals surface area contributed by atoms with E-state index < -0.39 is 25.0 Å². The molecule has 0 aliphatic rings. The highest BCUT2D eigenvalue weighted by Gasteiger charge is 2.50. The van der Waals surface area contributed by atoms with E-state index in [0.29, 0.717) is 10.6 Å². The van der Waals surface area contributed by atoms with Crippen molar-refractivity contribution in [1.82, 2.24) is 5.09 Å². The summed E-state index contributed by atoms with van der Waals surface area (Å²) in [7, 11) is -3.70. The number of rotatable bonds is 7. The van der Waals surface area contributed by atoms with Crippen molar-refractivity contribution in [1.29, 1.82) is 0 Å². The summed E-state index contributed by atoms with van der Waals surface area (Å²) in [5, 5.41) is 3.29. The van der Waals surface area contributed by atoms with Crippen molar-refractivity contribution >= 4 is 23.7 Å². The standard InChI is InChI=1S/C20H18F2NO3P/c1-15(24)20(21,22)19(18-13-8-14-26-18)23-27(25,16-9-4-2-5-10-16)17-11-6-3-7-12-17/h2-14,19H,1H3,(H,23,25). The lowest BCUT2D eigenvalue weighted by Gasteiger charge is -2.29. The largest absolute Gasteiger partial charge is 0.467 e. The van der Waals surface area contributed by atoms with Gasteiger partial charge in [0.2, 0.25) is 13.1 Å². The van der Waals surface area contributed by atoms with Crippen molar-refractivity contribution in [3.05, 3.63) is 84.8 Å². The predicted molar refractivity (Wildman–Crippen MR) is 100.0 cm³/mol. The molecule has 1 aromatic heterocycles. The van der Waals surface area contributed by atoms with Crippen LogP contribution in [-0.4, -0.2) is 11.7 Å². The molecule has 1 heterocycles. The molecule has 3 rings (SSSR count). The van der Waals surface area contributed by atoms with Crippen molar-refractivity contribution in [2.45, 2.75) is 18.9 Å². The smallest absolute Gasteiger partial charge is 0.327 e. The van der Waals surface area contributed by atoms with Crippen molar-refractivity contribution in [3.63, 3.8) is 0 Å². The maximum Gasteiger partial charge on any atom is 0.327 e. The molecule has 1 unspecified atom stereocenters. The molecule has 0 radical (unpaired) electrons. The number of benzene rings is 2. The van der Waals surface area contributed by atoms with E-state index in [0.717, 1.165) is 6.92 Å². The van der Waals surface area contributed by atoms with Crippen LogP contribution in [0.2, 0.25) is 0 Å². The Kier molecular flexibility index (Phi) is 5.40. The van der Waals surface area contributed by atoms with Crippen LogP contribution >= 0.6 is 7.29 Å². The van der Waals surface area contributed by atoms with Gasteiger partial charge < -0.3 is 4.42 Å². The summed E-state index contributed by atoms with van der Waals surface area (Å²) >= 11 is 0. The maximum absolute atomic E-state index is 14.7. The van der Waals surface area contributed by atoms with Crippen LogP contribution in [0.4, 0.5) is 8.78 Å². The number of furan rings is 1. The summed E-state index contributed by atoms with van der Waals surface area (Å²) in [5.74, 6) is -5.32. The molecule has 0 amide bonds. The van der Waals surface area contributed by atoms with Crippen molar-refractivity contribution in [3.8, 4) is 0 Å². The average molecular weight is 389 g/mol. The first kappa shape index (κ1) is 19.2. The van der Waals surface area contributed by atoms with Crippen LogP contribution in [0.5, 0.6) is 0 Å². The van der Waals surface area contributed by atoms with Crippen LogP contribution in [0.3, 0.4) is 0 Å². The molecule has 27 heavy (non-hydrogen) atoms.